The van der Waals surface area contributed by atoms with Crippen molar-refractivity contribution in [3.8, 4) is 0 Å². The number of nitrogens with one attached hydrogen (secondary N) is 1. The van der Waals surface area contributed by atoms with Crippen LogP contribution in [0.15, 0.2) is 17.5 Å². The quantitative estimate of drug-likeness (QED) is 0.631. The van der Waals surface area contributed by atoms with Crippen LogP contribution in [0.1, 0.15) is 50.8 Å². The molecule has 1 aromatic rings. The first-order chi connectivity index (χ1) is 12.2. The molecule has 3 heterocycles. The highest BCUT2D eigenvalue weighted by Crippen LogP contribution is 2.33. The largest absolute Gasteiger partial charge is 0.336 e. The van der Waals surface area contributed by atoms with Gasteiger partial charge in [-0.1, -0.05) is 19.9 Å². The fraction of sp³-hybridized carbons (Fsp3) is 0.750. The molecule has 0 radical (unpaired) electrons. The van der Waals surface area contributed by atoms with Gasteiger partial charge in [0.1, 0.15) is 0 Å². The zero-order valence-electron chi connectivity index (χ0n) is 16.6. The molecule has 2 unspecified atom stereocenters. The van der Waals surface area contributed by atoms with Crippen LogP contribution in [0, 0.1) is 5.92 Å². The molecule has 2 fully saturated rings. The second-order valence-electron chi connectivity index (χ2n) is 7.60. The van der Waals surface area contributed by atoms with Crippen LogP contribution in [-0.4, -0.2) is 54.0 Å². The van der Waals surface area contributed by atoms with Crippen molar-refractivity contribution in [2.45, 2.75) is 64.6 Å². The number of hydrogen-bond acceptors (Lipinski definition) is 4. The number of amides is 1. The lowest BCUT2D eigenvalue weighted by molar-refractivity contribution is -0.133. The van der Waals surface area contributed by atoms with Crippen molar-refractivity contribution in [3.05, 3.63) is 22.4 Å². The molecule has 1 amide bonds. The van der Waals surface area contributed by atoms with Gasteiger partial charge in [0, 0.05) is 36.5 Å². The highest BCUT2D eigenvalue weighted by molar-refractivity contribution is 7.09. The van der Waals surface area contributed by atoms with Gasteiger partial charge in [-0.15, -0.1) is 36.2 Å². The van der Waals surface area contributed by atoms with E-state index in [1.165, 1.54) is 30.6 Å². The molecule has 0 aliphatic carbocycles. The van der Waals surface area contributed by atoms with Crippen LogP contribution in [0.25, 0.3) is 0 Å². The second-order valence-corrected chi connectivity index (χ2v) is 8.63. The number of carbonyl (C=O) groups is 1. The summed E-state index contributed by atoms with van der Waals surface area (Å²) in [4.78, 5) is 18.8. The van der Waals surface area contributed by atoms with Gasteiger partial charge in [-0.3, -0.25) is 4.79 Å². The summed E-state index contributed by atoms with van der Waals surface area (Å²) in [6.45, 7) is 9.08. The van der Waals surface area contributed by atoms with Crippen molar-refractivity contribution >= 4 is 42.1 Å². The van der Waals surface area contributed by atoms with Crippen LogP contribution < -0.4 is 5.32 Å². The molecule has 156 valence electrons. The van der Waals surface area contributed by atoms with E-state index in [-0.39, 0.29) is 24.8 Å². The van der Waals surface area contributed by atoms with E-state index in [1.54, 1.807) is 11.3 Å². The summed E-state index contributed by atoms with van der Waals surface area (Å²) in [6.07, 6.45) is 5.71. The van der Waals surface area contributed by atoms with Crippen molar-refractivity contribution in [2.24, 2.45) is 5.92 Å². The monoisotopic (exact) mass is 435 g/mol. The highest BCUT2D eigenvalue weighted by Gasteiger charge is 2.34. The topological polar surface area (TPSA) is 35.6 Å². The number of thiophene rings is 1. The lowest BCUT2D eigenvalue weighted by atomic mass is 9.89. The molecular formula is C20H35Cl2N3OS. The molecule has 1 N–H and O–H groups in total. The van der Waals surface area contributed by atoms with Crippen molar-refractivity contribution in [2.75, 3.05) is 26.2 Å². The summed E-state index contributed by atoms with van der Waals surface area (Å²) in [5, 5.41) is 5.79. The van der Waals surface area contributed by atoms with Crippen LogP contribution in [0.3, 0.4) is 0 Å². The molecule has 2 bridgehead atoms. The molecule has 2 atom stereocenters. The number of hydrogen-bond donors (Lipinski definition) is 1. The molecular weight excluding hydrogens is 401 g/mol. The molecule has 2 aliphatic rings. The van der Waals surface area contributed by atoms with Gasteiger partial charge in [-0.25, -0.2) is 0 Å². The summed E-state index contributed by atoms with van der Waals surface area (Å²) in [5.41, 5.74) is 0. The van der Waals surface area contributed by atoms with Crippen LogP contribution >= 0.6 is 36.2 Å². The first kappa shape index (κ1) is 24.7. The third-order valence-electron chi connectivity index (χ3n) is 5.89. The van der Waals surface area contributed by atoms with Crippen LogP contribution in [0.4, 0.5) is 0 Å². The first-order valence-electron chi connectivity index (χ1n) is 9.96. The molecule has 2 aliphatic heterocycles. The van der Waals surface area contributed by atoms with Gasteiger partial charge in [-0.05, 0) is 56.1 Å². The minimum Gasteiger partial charge on any atom is -0.336 e. The fourth-order valence-electron chi connectivity index (χ4n) is 4.40. The van der Waals surface area contributed by atoms with E-state index in [2.05, 4.69) is 46.5 Å². The van der Waals surface area contributed by atoms with E-state index in [0.29, 0.717) is 23.9 Å². The number of carbonyl (C=O) groups excluding carboxylic acids is 1. The Hall–Kier alpha value is -0.330. The molecule has 0 aromatic carbocycles. The van der Waals surface area contributed by atoms with E-state index in [9.17, 15) is 4.79 Å². The summed E-state index contributed by atoms with van der Waals surface area (Å²) in [6, 6.07) is 5.56. The normalized spacial score (nSPS) is 23.6. The Labute approximate surface area is 180 Å². The van der Waals surface area contributed by atoms with Crippen molar-refractivity contribution in [1.82, 2.24) is 15.1 Å². The molecule has 7 heteroatoms. The smallest absolute Gasteiger partial charge is 0.223 e. The van der Waals surface area contributed by atoms with Gasteiger partial charge in [-0.2, -0.15) is 0 Å². The Morgan fingerprint density at radius 2 is 1.81 bits per heavy atom. The number of fused-ring (bicyclic) bond motifs is 2. The van der Waals surface area contributed by atoms with E-state index < -0.39 is 0 Å². The minimum absolute atomic E-state index is 0. The SMILES string of the molecule is CCN(CC)CCN(Cc1cccs1)C(=O)CC1CC2CCC(C1)N2.Cl.Cl. The Bertz CT molecular complexity index is 527. The molecule has 3 rings (SSSR count). The third kappa shape index (κ3) is 7.21. The molecule has 0 saturated carbocycles. The van der Waals surface area contributed by atoms with Crippen molar-refractivity contribution < 1.29 is 4.79 Å². The maximum Gasteiger partial charge on any atom is 0.223 e. The standard InChI is InChI=1S/C20H33N3OS.2ClH/c1-3-22(4-2)9-10-23(15-19-6-5-11-25-19)20(24)14-16-12-17-7-8-18(13-16)21-17;;/h5-6,11,16-18,21H,3-4,7-10,12-15H2,1-2H3;2*1H. The Morgan fingerprint density at radius 3 is 2.37 bits per heavy atom. The number of nitrogens with zero attached hydrogens (tertiary/aromatic N) is 2. The molecule has 1 aromatic heterocycles. The lowest BCUT2D eigenvalue weighted by Gasteiger charge is -2.31. The Morgan fingerprint density at radius 1 is 1.15 bits per heavy atom. The van der Waals surface area contributed by atoms with Gasteiger partial charge in [0.05, 0.1) is 6.54 Å². The van der Waals surface area contributed by atoms with E-state index in [1.807, 2.05) is 0 Å². The predicted octanol–water partition coefficient (Wildman–Crippen LogP) is 4.18. The van der Waals surface area contributed by atoms with E-state index >= 15 is 0 Å². The number of rotatable bonds is 9. The number of likely N-dealkylation sites (N-methyl/N-ethyl adjacent to an activating group) is 1. The summed E-state index contributed by atoms with van der Waals surface area (Å²) in [7, 11) is 0. The number of piperidine rings is 1. The van der Waals surface area contributed by atoms with Gasteiger partial charge in [0.25, 0.3) is 0 Å². The summed E-state index contributed by atoms with van der Waals surface area (Å²) in [5.74, 6) is 0.928. The predicted molar refractivity (Wildman–Crippen MR) is 119 cm³/mol. The Balaban J connectivity index is 0.00000182. The maximum absolute atomic E-state index is 13.1. The zero-order valence-corrected chi connectivity index (χ0v) is 19.0. The zero-order chi connectivity index (χ0) is 17.6. The van der Waals surface area contributed by atoms with Gasteiger partial charge in [0.2, 0.25) is 5.91 Å². The van der Waals surface area contributed by atoms with Gasteiger partial charge >= 0.3 is 0 Å². The first-order valence-corrected chi connectivity index (χ1v) is 10.8. The lowest BCUT2D eigenvalue weighted by Crippen LogP contribution is -2.42. The van der Waals surface area contributed by atoms with E-state index in [0.717, 1.165) is 39.1 Å². The second kappa shape index (κ2) is 12.3. The van der Waals surface area contributed by atoms with E-state index in [4.69, 9.17) is 0 Å². The average Bonchev–Trinajstić information content (AvgIpc) is 3.24. The summed E-state index contributed by atoms with van der Waals surface area (Å²) >= 11 is 1.75. The third-order valence-corrected chi connectivity index (χ3v) is 6.76. The van der Waals surface area contributed by atoms with Crippen molar-refractivity contribution in [1.29, 1.82) is 0 Å². The average molecular weight is 436 g/mol. The molecule has 27 heavy (non-hydrogen) atoms. The van der Waals surface area contributed by atoms with Gasteiger partial charge < -0.3 is 15.1 Å². The van der Waals surface area contributed by atoms with Crippen molar-refractivity contribution in [3.63, 3.8) is 0 Å². The molecule has 2 saturated heterocycles. The molecule has 0 spiro atoms. The maximum atomic E-state index is 13.1. The summed E-state index contributed by atoms with van der Waals surface area (Å²) < 4.78 is 0. The van der Waals surface area contributed by atoms with Gasteiger partial charge in [0.15, 0.2) is 0 Å². The highest BCUT2D eigenvalue weighted by atomic mass is 35.5. The minimum atomic E-state index is 0. The van der Waals surface area contributed by atoms with Crippen LogP contribution in [0.5, 0.6) is 0 Å². The molecule has 4 nitrogen and oxygen atoms in total. The van der Waals surface area contributed by atoms with Crippen LogP contribution in [0.2, 0.25) is 0 Å². The van der Waals surface area contributed by atoms with Crippen LogP contribution in [-0.2, 0) is 11.3 Å². The number of halogens is 2. The fourth-order valence-corrected chi connectivity index (χ4v) is 5.12. The Kier molecular flexibility index (Phi) is 11.2.